The quantitative estimate of drug-likeness (QED) is 0.140. The zero-order valence-corrected chi connectivity index (χ0v) is 26.2. The number of benzene rings is 3. The number of fused-ring (bicyclic) bond motifs is 1. The van der Waals surface area contributed by atoms with Gasteiger partial charge in [-0.3, -0.25) is 13.9 Å². The molecule has 0 unspecified atom stereocenters. The number of halogens is 1. The van der Waals surface area contributed by atoms with Crippen LogP contribution in [0.4, 0.5) is 5.69 Å². The molecule has 2 aromatic heterocycles. The van der Waals surface area contributed by atoms with Crippen LogP contribution in [0.15, 0.2) is 71.4 Å². The largest absolute Gasteiger partial charge is 0.427 e. The van der Waals surface area contributed by atoms with Crippen LogP contribution >= 0.6 is 19.2 Å². The number of aromatic nitrogens is 3. The summed E-state index contributed by atoms with van der Waals surface area (Å²) in [6.45, 7) is 8.26. The normalized spacial score (nSPS) is 11.7. The minimum Gasteiger partial charge on any atom is -0.427 e. The van der Waals surface area contributed by atoms with Crippen LogP contribution in [0.2, 0.25) is 5.02 Å². The second kappa shape index (κ2) is 13.3. The van der Waals surface area contributed by atoms with Crippen molar-refractivity contribution in [2.75, 3.05) is 18.5 Å². The van der Waals surface area contributed by atoms with E-state index in [-0.39, 0.29) is 18.5 Å². The predicted molar refractivity (Wildman–Crippen MR) is 169 cm³/mol. The maximum absolute atomic E-state index is 13.0. The summed E-state index contributed by atoms with van der Waals surface area (Å²) in [7, 11) is -3.21. The Kier molecular flexibility index (Phi) is 9.47. The molecule has 0 saturated carbocycles. The molecule has 0 atom stereocenters. The molecule has 1 N–H and O–H groups in total. The molecular formula is C32H34ClN4O5P. The van der Waals surface area contributed by atoms with E-state index in [9.17, 15) is 9.36 Å². The van der Waals surface area contributed by atoms with Gasteiger partial charge in [-0.15, -0.1) is 0 Å². The number of nitrogens with zero attached hydrogens (tertiary/aromatic N) is 3. The van der Waals surface area contributed by atoms with Crippen molar-refractivity contribution in [3.8, 4) is 17.3 Å². The summed E-state index contributed by atoms with van der Waals surface area (Å²) in [6.07, 6.45) is 2.36. The smallest absolute Gasteiger partial charge is 0.335 e. The van der Waals surface area contributed by atoms with E-state index < -0.39 is 7.60 Å². The number of nitrogens with one attached hydrogen (secondary N) is 1. The van der Waals surface area contributed by atoms with Crippen molar-refractivity contribution in [1.29, 1.82) is 0 Å². The monoisotopic (exact) mass is 620 g/mol. The van der Waals surface area contributed by atoms with Crippen molar-refractivity contribution in [3.05, 3.63) is 94.5 Å². The van der Waals surface area contributed by atoms with Crippen LogP contribution in [0.1, 0.15) is 42.7 Å². The molecule has 0 aliphatic rings. The summed E-state index contributed by atoms with van der Waals surface area (Å²) in [6, 6.07) is 18.9. The zero-order chi connectivity index (χ0) is 30.6. The van der Waals surface area contributed by atoms with E-state index in [1.165, 1.54) is 0 Å². The second-order valence-corrected chi connectivity index (χ2v) is 12.6. The molecule has 11 heteroatoms. The van der Waals surface area contributed by atoms with Crippen molar-refractivity contribution in [3.63, 3.8) is 0 Å². The fraction of sp³-hybridized carbons (Fsp3) is 0.281. The number of anilines is 1. The summed E-state index contributed by atoms with van der Waals surface area (Å²) < 4.78 is 31.7. The van der Waals surface area contributed by atoms with Crippen LogP contribution in [0, 0.1) is 13.8 Å². The zero-order valence-electron chi connectivity index (χ0n) is 24.6. The molecule has 1 amide bonds. The average Bonchev–Trinajstić information content (AvgIpc) is 3.60. The summed E-state index contributed by atoms with van der Waals surface area (Å²) in [5.74, 6) is 0.400. The fourth-order valence-corrected chi connectivity index (χ4v) is 6.64. The number of amides is 1. The van der Waals surface area contributed by atoms with Gasteiger partial charge in [0.2, 0.25) is 5.91 Å². The first-order valence-corrected chi connectivity index (χ1v) is 16.3. The lowest BCUT2D eigenvalue weighted by atomic mass is 10.1. The Morgan fingerprint density at radius 1 is 1.00 bits per heavy atom. The highest BCUT2D eigenvalue weighted by Gasteiger charge is 2.24. The highest BCUT2D eigenvalue weighted by molar-refractivity contribution is 7.53. The number of hydrogen-bond acceptors (Lipinski definition) is 7. The van der Waals surface area contributed by atoms with E-state index in [4.69, 9.17) is 30.0 Å². The van der Waals surface area contributed by atoms with Gasteiger partial charge in [-0.1, -0.05) is 41.9 Å². The fourth-order valence-electron chi connectivity index (χ4n) is 4.81. The maximum atomic E-state index is 13.0. The molecule has 3 aromatic carbocycles. The lowest BCUT2D eigenvalue weighted by Crippen LogP contribution is -2.12. The van der Waals surface area contributed by atoms with Gasteiger partial charge in [-0.2, -0.15) is 4.98 Å². The Morgan fingerprint density at radius 2 is 1.70 bits per heavy atom. The van der Waals surface area contributed by atoms with Crippen molar-refractivity contribution in [2.24, 2.45) is 0 Å². The Balaban J connectivity index is 1.33. The van der Waals surface area contributed by atoms with Crippen LogP contribution < -0.4 is 5.32 Å². The van der Waals surface area contributed by atoms with E-state index in [1.54, 1.807) is 56.6 Å². The van der Waals surface area contributed by atoms with Gasteiger partial charge in [0.25, 0.3) is 0 Å². The number of oxazole rings is 1. The molecule has 0 aliphatic carbocycles. The highest BCUT2D eigenvalue weighted by atomic mass is 35.5. The summed E-state index contributed by atoms with van der Waals surface area (Å²) in [5.41, 5.74) is 6.93. The molecule has 9 nitrogen and oxygen atoms in total. The van der Waals surface area contributed by atoms with Gasteiger partial charge in [0, 0.05) is 29.1 Å². The molecular weight excluding hydrogens is 587 g/mol. The molecule has 0 fully saturated rings. The first kappa shape index (κ1) is 30.7. The average molecular weight is 621 g/mol. The minimum atomic E-state index is -3.21. The van der Waals surface area contributed by atoms with Gasteiger partial charge >= 0.3 is 13.6 Å². The standard InChI is InChI=1S/C32H34ClN4O5P/c1-5-40-43(39,41-6-2)19-23-8-14-26(15-9-23)35-29(38)18-17-28-31(24-10-12-25(33)13-11-24)36-32(42-28)37-20-34-30-22(4)21(3)7-16-27(30)37/h7-16,20H,5-6,17-19H2,1-4H3,(H,35,38). The number of rotatable bonds is 12. The number of carbonyl (C=O) groups excluding carboxylic acids is 1. The van der Waals surface area contributed by atoms with Crippen LogP contribution in [0.3, 0.4) is 0 Å². The molecule has 0 aliphatic heterocycles. The van der Waals surface area contributed by atoms with Crippen molar-refractivity contribution < 1.29 is 22.8 Å². The van der Waals surface area contributed by atoms with E-state index in [1.807, 2.05) is 35.8 Å². The van der Waals surface area contributed by atoms with E-state index in [2.05, 4.69) is 17.2 Å². The van der Waals surface area contributed by atoms with Gasteiger partial charge in [0.15, 0.2) is 0 Å². The summed E-state index contributed by atoms with van der Waals surface area (Å²) in [5, 5.41) is 3.54. The lowest BCUT2D eigenvalue weighted by molar-refractivity contribution is -0.116. The van der Waals surface area contributed by atoms with Crippen molar-refractivity contribution in [1.82, 2.24) is 14.5 Å². The predicted octanol–water partition coefficient (Wildman–Crippen LogP) is 8.29. The van der Waals surface area contributed by atoms with Crippen molar-refractivity contribution >= 4 is 41.8 Å². The molecule has 5 aromatic rings. The molecule has 0 saturated heterocycles. The van der Waals surface area contributed by atoms with Crippen LogP contribution in [0.25, 0.3) is 28.3 Å². The van der Waals surface area contributed by atoms with E-state index >= 15 is 0 Å². The third kappa shape index (κ3) is 7.08. The number of hydrogen-bond donors (Lipinski definition) is 1. The Labute approximate surface area is 255 Å². The van der Waals surface area contributed by atoms with Crippen LogP contribution in [-0.2, 0) is 31.0 Å². The lowest BCUT2D eigenvalue weighted by Gasteiger charge is -2.17. The number of imidazole rings is 1. The Bertz CT molecular complexity index is 1770. The molecule has 0 radical (unpaired) electrons. The van der Waals surface area contributed by atoms with Gasteiger partial charge in [-0.05, 0) is 74.7 Å². The summed E-state index contributed by atoms with van der Waals surface area (Å²) >= 11 is 6.13. The number of aryl methyl sites for hydroxylation is 3. The highest BCUT2D eigenvalue weighted by Crippen LogP contribution is 2.51. The third-order valence-corrected chi connectivity index (χ3v) is 9.40. The minimum absolute atomic E-state index is 0.162. The molecule has 0 bridgehead atoms. The van der Waals surface area contributed by atoms with E-state index in [0.29, 0.717) is 47.8 Å². The first-order chi connectivity index (χ1) is 20.7. The van der Waals surface area contributed by atoms with Crippen molar-refractivity contribution in [2.45, 2.75) is 46.7 Å². The van der Waals surface area contributed by atoms with Crippen LogP contribution in [0.5, 0.6) is 0 Å². The third-order valence-electron chi connectivity index (χ3n) is 7.10. The second-order valence-electron chi connectivity index (χ2n) is 10.1. The number of carbonyl (C=O) groups is 1. The first-order valence-electron chi connectivity index (χ1n) is 14.2. The Hall–Kier alpha value is -3.75. The molecule has 43 heavy (non-hydrogen) atoms. The van der Waals surface area contributed by atoms with Crippen LogP contribution in [-0.4, -0.2) is 33.7 Å². The summed E-state index contributed by atoms with van der Waals surface area (Å²) in [4.78, 5) is 22.4. The van der Waals surface area contributed by atoms with Gasteiger partial charge in [-0.25, -0.2) is 4.98 Å². The molecule has 224 valence electrons. The molecule has 0 spiro atoms. The SMILES string of the molecule is CCOP(=O)(Cc1ccc(NC(=O)CCc2oc(-n3cnc4c(C)c(C)ccc43)nc2-c2ccc(Cl)cc2)cc1)OCC. The van der Waals surface area contributed by atoms with Gasteiger partial charge in [0.1, 0.15) is 17.8 Å². The molecule has 2 heterocycles. The van der Waals surface area contributed by atoms with E-state index in [0.717, 1.165) is 33.3 Å². The maximum Gasteiger partial charge on any atom is 0.335 e. The Morgan fingerprint density at radius 3 is 2.37 bits per heavy atom. The van der Waals surface area contributed by atoms with Gasteiger partial charge < -0.3 is 18.8 Å². The van der Waals surface area contributed by atoms with Gasteiger partial charge in [0.05, 0.1) is 30.4 Å². The molecule has 5 rings (SSSR count). The topological polar surface area (TPSA) is 108 Å².